The topological polar surface area (TPSA) is 29.9 Å². The predicted octanol–water partition coefficient (Wildman–Crippen LogP) is 6.61. The van der Waals surface area contributed by atoms with Crippen molar-refractivity contribution in [2.45, 2.75) is 5.66 Å². The van der Waals surface area contributed by atoms with Crippen LogP contribution in [0.2, 0.25) is 0 Å². The van der Waals surface area contributed by atoms with Crippen molar-refractivity contribution < 1.29 is 13.9 Å². The third kappa shape index (κ3) is 1.61. The van der Waals surface area contributed by atoms with E-state index in [0.717, 1.165) is 17.0 Å². The maximum Gasteiger partial charge on any atom is 0.425 e. The highest BCUT2D eigenvalue weighted by Gasteiger charge is 2.69. The fraction of sp³-hybridized carbons (Fsp3) is 0.0294. The Bertz CT molecular complexity index is 2320. The third-order valence-electron chi connectivity index (χ3n) is 9.27. The Balaban J connectivity index is 1.51. The minimum atomic E-state index is -0.569. The zero-order chi connectivity index (χ0) is 24.3. The molecule has 0 fully saturated rings. The Kier molecular flexibility index (Phi) is 2.67. The van der Waals surface area contributed by atoms with Crippen LogP contribution >= 0.6 is 0 Å². The van der Waals surface area contributed by atoms with Crippen molar-refractivity contribution in [2.75, 3.05) is 0 Å². The van der Waals surface area contributed by atoms with Gasteiger partial charge in [-0.25, -0.2) is 0 Å². The predicted molar refractivity (Wildman–Crippen MR) is 148 cm³/mol. The highest BCUT2D eigenvalue weighted by molar-refractivity contribution is 6.27. The van der Waals surface area contributed by atoms with Crippen molar-refractivity contribution in [1.82, 2.24) is 4.98 Å². The van der Waals surface area contributed by atoms with Crippen molar-refractivity contribution in [3.63, 3.8) is 0 Å². The summed E-state index contributed by atoms with van der Waals surface area (Å²) >= 11 is 0. The first-order chi connectivity index (χ1) is 18.9. The van der Waals surface area contributed by atoms with Crippen molar-refractivity contribution in [1.29, 1.82) is 0 Å². The molecular formula is C34H17N3O+2. The number of nitrogens with zero attached hydrogens (tertiary/aromatic N) is 3. The van der Waals surface area contributed by atoms with Gasteiger partial charge in [-0.2, -0.15) is 0 Å². The Morgan fingerprint density at radius 3 is 1.84 bits per heavy atom. The third-order valence-corrected chi connectivity index (χ3v) is 9.27. The molecule has 1 unspecified atom stereocenters. The summed E-state index contributed by atoms with van der Waals surface area (Å²) in [7, 11) is 0. The average molecular weight is 484 g/mol. The number of rotatable bonds is 0. The number of fused-ring (bicyclic) bond motifs is 6. The molecular weight excluding hydrogens is 466 g/mol. The van der Waals surface area contributed by atoms with Crippen LogP contribution in [0.4, 0.5) is 0 Å². The molecule has 0 saturated heterocycles. The van der Waals surface area contributed by atoms with E-state index in [1.54, 1.807) is 0 Å². The smallest absolute Gasteiger partial charge is 0.425 e. The number of hydrogen-bond donors (Lipinski definition) is 0. The maximum atomic E-state index is 6.79. The van der Waals surface area contributed by atoms with E-state index in [2.05, 4.69) is 100 Å². The van der Waals surface area contributed by atoms with Crippen molar-refractivity contribution in [2.24, 2.45) is 0 Å². The molecule has 38 heavy (non-hydrogen) atoms. The highest BCUT2D eigenvalue weighted by atomic mass is 16.5. The first kappa shape index (κ1) is 18.2. The summed E-state index contributed by atoms with van der Waals surface area (Å²) in [5, 5.41) is 11.3. The summed E-state index contributed by atoms with van der Waals surface area (Å²) in [6, 6.07) is 30.7. The molecule has 5 aromatic carbocycles. The Hall–Kier alpha value is -5.09. The van der Waals surface area contributed by atoms with Crippen LogP contribution in [0.1, 0.15) is 11.1 Å². The zero-order valence-corrected chi connectivity index (χ0v) is 20.1. The average Bonchev–Trinajstić information content (AvgIpc) is 3.47. The summed E-state index contributed by atoms with van der Waals surface area (Å²) in [6.07, 6.45) is 6.43. The molecule has 8 aromatic rings. The van der Waals surface area contributed by atoms with Crippen LogP contribution < -0.4 is 13.9 Å². The van der Waals surface area contributed by atoms with E-state index < -0.39 is 5.66 Å². The first-order valence-electron chi connectivity index (χ1n) is 13.1. The molecule has 0 saturated carbocycles. The minimum Gasteiger partial charge on any atom is -0.456 e. The van der Waals surface area contributed by atoms with Gasteiger partial charge in [0.1, 0.15) is 11.5 Å². The summed E-state index contributed by atoms with van der Waals surface area (Å²) in [6.45, 7) is 0. The summed E-state index contributed by atoms with van der Waals surface area (Å²) < 4.78 is 11.8. The molecule has 6 heterocycles. The van der Waals surface area contributed by atoms with Gasteiger partial charge in [0.25, 0.3) is 0 Å². The first-order valence-corrected chi connectivity index (χ1v) is 13.1. The Morgan fingerprint density at radius 1 is 0.526 bits per heavy atom. The van der Waals surface area contributed by atoms with Gasteiger partial charge >= 0.3 is 5.66 Å². The molecule has 11 rings (SSSR count). The van der Waals surface area contributed by atoms with Gasteiger partial charge in [0, 0.05) is 23.7 Å². The second-order valence-corrected chi connectivity index (χ2v) is 10.7. The Morgan fingerprint density at radius 2 is 1.11 bits per heavy atom. The maximum absolute atomic E-state index is 6.79. The molecule has 3 aliphatic rings. The van der Waals surface area contributed by atoms with Gasteiger partial charge in [-0.15, -0.1) is 9.13 Å². The fourth-order valence-electron chi connectivity index (χ4n) is 8.08. The van der Waals surface area contributed by atoms with Crippen LogP contribution in [0.5, 0.6) is 11.5 Å². The van der Waals surface area contributed by atoms with E-state index in [4.69, 9.17) is 9.72 Å². The van der Waals surface area contributed by atoms with Gasteiger partial charge in [-0.3, -0.25) is 4.98 Å². The second-order valence-electron chi connectivity index (χ2n) is 10.7. The molecule has 0 amide bonds. The molecule has 172 valence electrons. The lowest BCUT2D eigenvalue weighted by Gasteiger charge is -2.26. The van der Waals surface area contributed by atoms with Crippen LogP contribution in [0, 0.1) is 0 Å². The Labute approximate surface area is 215 Å². The molecule has 3 aliphatic heterocycles. The lowest BCUT2D eigenvalue weighted by Crippen LogP contribution is -2.72. The number of aromatic nitrogens is 3. The number of pyridine rings is 3. The van der Waals surface area contributed by atoms with Crippen LogP contribution in [0.25, 0.3) is 65.0 Å². The van der Waals surface area contributed by atoms with Gasteiger partial charge in [0.15, 0.2) is 23.5 Å². The van der Waals surface area contributed by atoms with Crippen LogP contribution in [0.3, 0.4) is 0 Å². The van der Waals surface area contributed by atoms with E-state index in [-0.39, 0.29) is 0 Å². The minimum absolute atomic E-state index is 0.569. The monoisotopic (exact) mass is 483 g/mol. The summed E-state index contributed by atoms with van der Waals surface area (Å²) in [5.74, 6) is 1.86. The molecule has 3 aromatic heterocycles. The number of hydrogen-bond acceptors (Lipinski definition) is 2. The van der Waals surface area contributed by atoms with E-state index in [1.165, 1.54) is 70.6 Å². The SMILES string of the molecule is c1ccc2c(c1)c1ccc3c4c1c1c2ccc[n+]1C41c2c(ccc4c5cccnc5c5ccc[n+]1c5c24)O3. The van der Waals surface area contributed by atoms with Gasteiger partial charge < -0.3 is 4.74 Å². The molecule has 4 heteroatoms. The fourth-order valence-corrected chi connectivity index (χ4v) is 8.08. The molecule has 0 bridgehead atoms. The summed E-state index contributed by atoms with van der Waals surface area (Å²) in [4.78, 5) is 4.88. The molecule has 0 aliphatic carbocycles. The standard InChI is InChI=1S/C34H17N3O/c1-2-7-19-18(6-1)20-11-13-25-29-27(20)32-23(19)9-4-16-36(32)34(29)30-26(38-25)14-12-21-22-8-3-15-35-31(22)24-10-5-17-37(34)33(24)28(21)30/h1-17H/q+2. The quantitative estimate of drug-likeness (QED) is 0.180. The molecule has 1 atom stereocenters. The largest absolute Gasteiger partial charge is 0.456 e. The zero-order valence-electron chi connectivity index (χ0n) is 20.1. The molecule has 0 N–H and O–H groups in total. The van der Waals surface area contributed by atoms with Crippen LogP contribution in [0.15, 0.2) is 104 Å². The number of benzene rings is 5. The van der Waals surface area contributed by atoms with Gasteiger partial charge in [0.05, 0.1) is 27.1 Å². The van der Waals surface area contributed by atoms with Gasteiger partial charge in [-0.1, -0.05) is 30.3 Å². The summed E-state index contributed by atoms with van der Waals surface area (Å²) in [5.41, 5.74) is 5.44. The normalized spacial score (nSPS) is 17.8. The van der Waals surface area contributed by atoms with Crippen LogP contribution in [-0.2, 0) is 5.66 Å². The van der Waals surface area contributed by atoms with E-state index in [0.29, 0.717) is 0 Å². The highest BCUT2D eigenvalue weighted by Crippen LogP contribution is 2.58. The lowest BCUT2D eigenvalue weighted by molar-refractivity contribution is -0.945. The van der Waals surface area contributed by atoms with E-state index >= 15 is 0 Å². The lowest BCUT2D eigenvalue weighted by atomic mass is 9.85. The van der Waals surface area contributed by atoms with E-state index in [9.17, 15) is 0 Å². The van der Waals surface area contributed by atoms with Crippen molar-refractivity contribution >= 4 is 65.0 Å². The number of ether oxygens (including phenoxy) is 1. The van der Waals surface area contributed by atoms with Crippen LogP contribution in [-0.4, -0.2) is 4.98 Å². The van der Waals surface area contributed by atoms with Crippen molar-refractivity contribution in [3.05, 3.63) is 115 Å². The molecule has 1 spiro atoms. The van der Waals surface area contributed by atoms with Gasteiger partial charge in [0.2, 0.25) is 11.0 Å². The second kappa shape index (κ2) is 5.58. The van der Waals surface area contributed by atoms with Crippen molar-refractivity contribution in [3.8, 4) is 11.5 Å². The van der Waals surface area contributed by atoms with E-state index in [1.807, 2.05) is 12.3 Å². The van der Waals surface area contributed by atoms with Gasteiger partial charge in [-0.05, 0) is 64.0 Å². The molecule has 4 nitrogen and oxygen atoms in total. The molecule has 0 radical (unpaired) electrons.